The lowest BCUT2D eigenvalue weighted by molar-refractivity contribution is -0.118. The second-order valence-electron chi connectivity index (χ2n) is 6.61. The molecule has 1 atom stereocenters. The lowest BCUT2D eigenvalue weighted by Gasteiger charge is -2.17. The number of thiophene rings is 1. The first-order valence-corrected chi connectivity index (χ1v) is 10.8. The summed E-state index contributed by atoms with van der Waals surface area (Å²) in [5.41, 5.74) is 0.790. The van der Waals surface area contributed by atoms with E-state index in [0.717, 1.165) is 27.3 Å². The van der Waals surface area contributed by atoms with Crippen LogP contribution in [0.1, 0.15) is 25.3 Å². The molecule has 0 bridgehead atoms. The molecule has 27 heavy (non-hydrogen) atoms. The van der Waals surface area contributed by atoms with E-state index in [2.05, 4.69) is 36.2 Å². The maximum Gasteiger partial charge on any atom is 0.260 e. The van der Waals surface area contributed by atoms with E-state index in [1.54, 1.807) is 23.1 Å². The van der Waals surface area contributed by atoms with Crippen LogP contribution in [0, 0.1) is 5.92 Å². The second-order valence-corrected chi connectivity index (χ2v) is 8.62. The molecule has 0 spiro atoms. The van der Waals surface area contributed by atoms with E-state index < -0.39 is 0 Å². The van der Waals surface area contributed by atoms with Crippen molar-refractivity contribution in [1.82, 2.24) is 14.8 Å². The second kappa shape index (κ2) is 7.01. The van der Waals surface area contributed by atoms with Gasteiger partial charge in [0.1, 0.15) is 11.8 Å². The van der Waals surface area contributed by atoms with Crippen molar-refractivity contribution in [3.05, 3.63) is 41.8 Å². The van der Waals surface area contributed by atoms with Crippen LogP contribution in [0.25, 0.3) is 10.7 Å². The minimum absolute atomic E-state index is 0.123. The summed E-state index contributed by atoms with van der Waals surface area (Å²) >= 11 is 3.35. The zero-order chi connectivity index (χ0) is 18.2. The number of allylic oxidation sites excluding steroid dienone is 3. The number of amides is 1. The van der Waals surface area contributed by atoms with Gasteiger partial charge in [-0.3, -0.25) is 9.36 Å². The molecule has 2 aromatic rings. The molecular formula is C19H17N5OS2. The third-order valence-corrected chi connectivity index (χ3v) is 6.45. The maximum absolute atomic E-state index is 12.2. The number of amidine groups is 1. The van der Waals surface area contributed by atoms with E-state index in [9.17, 15) is 4.79 Å². The highest BCUT2D eigenvalue weighted by atomic mass is 32.2. The Hall–Kier alpha value is -2.32. The molecule has 3 aliphatic rings. The Labute approximate surface area is 164 Å². The van der Waals surface area contributed by atoms with Gasteiger partial charge < -0.3 is 0 Å². The molecule has 1 fully saturated rings. The topological polar surface area (TPSA) is 72.5 Å². The molecule has 2 aliphatic carbocycles. The Morgan fingerprint density at radius 3 is 2.96 bits per heavy atom. The molecule has 3 heterocycles. The number of carbonyl (C=O) groups excluding carboxylic acids is 1. The predicted octanol–water partition coefficient (Wildman–Crippen LogP) is 3.95. The Morgan fingerprint density at radius 1 is 1.22 bits per heavy atom. The van der Waals surface area contributed by atoms with Gasteiger partial charge in [0.25, 0.3) is 5.91 Å². The van der Waals surface area contributed by atoms with Crippen LogP contribution in [0.3, 0.4) is 0 Å². The molecule has 6 nitrogen and oxygen atoms in total. The van der Waals surface area contributed by atoms with Crippen LogP contribution in [-0.2, 0) is 4.79 Å². The van der Waals surface area contributed by atoms with Crippen LogP contribution in [0.5, 0.6) is 0 Å². The Kier molecular flexibility index (Phi) is 4.37. The van der Waals surface area contributed by atoms with Gasteiger partial charge in [-0.05, 0) is 30.4 Å². The van der Waals surface area contributed by atoms with Gasteiger partial charge in [-0.2, -0.15) is 4.99 Å². The summed E-state index contributed by atoms with van der Waals surface area (Å²) in [7, 11) is 0. The molecule has 0 aromatic carbocycles. The fourth-order valence-electron chi connectivity index (χ4n) is 3.17. The third kappa shape index (κ3) is 3.35. The Balaban J connectivity index is 1.29. The standard InChI is InChI=1S/C19H17N5OS2/c25-18-13-4-1-2-5-14(13)20-16(21-18)9-11-27-19-23-22-17(15-6-3-10-26-15)24(19)12-7-8-12/h1-6,10,12-13H,7-9,11H2. The molecule has 0 saturated heterocycles. The number of aliphatic imine (C=N–C) groups is 2. The molecule has 1 unspecified atom stereocenters. The average Bonchev–Trinajstić information content (AvgIpc) is 3.20. The predicted molar refractivity (Wildman–Crippen MR) is 109 cm³/mol. The van der Waals surface area contributed by atoms with E-state index in [-0.39, 0.29) is 11.8 Å². The molecule has 1 saturated carbocycles. The highest BCUT2D eigenvalue weighted by molar-refractivity contribution is 7.99. The van der Waals surface area contributed by atoms with E-state index in [1.807, 2.05) is 30.4 Å². The minimum atomic E-state index is -0.308. The van der Waals surface area contributed by atoms with Crippen molar-refractivity contribution in [2.24, 2.45) is 15.9 Å². The van der Waals surface area contributed by atoms with Gasteiger partial charge in [-0.1, -0.05) is 36.1 Å². The molecule has 1 amide bonds. The van der Waals surface area contributed by atoms with Crippen molar-refractivity contribution < 1.29 is 4.79 Å². The number of rotatable bonds is 6. The molecule has 136 valence electrons. The van der Waals surface area contributed by atoms with Crippen LogP contribution >= 0.6 is 23.1 Å². The number of aromatic nitrogens is 3. The lowest BCUT2D eigenvalue weighted by Crippen LogP contribution is -2.27. The number of hydrogen-bond donors (Lipinski definition) is 0. The summed E-state index contributed by atoms with van der Waals surface area (Å²) in [6, 6.07) is 4.63. The monoisotopic (exact) mass is 395 g/mol. The number of carbonyl (C=O) groups is 1. The molecule has 1 aliphatic heterocycles. The fourth-order valence-corrected chi connectivity index (χ4v) is 4.82. The molecule has 5 rings (SSSR count). The van der Waals surface area contributed by atoms with Crippen LogP contribution in [-0.4, -0.2) is 38.0 Å². The van der Waals surface area contributed by atoms with Crippen molar-refractivity contribution in [2.45, 2.75) is 30.5 Å². The van der Waals surface area contributed by atoms with Crippen molar-refractivity contribution in [3.8, 4) is 10.7 Å². The number of fused-ring (bicyclic) bond motifs is 1. The number of thioether (sulfide) groups is 1. The first-order valence-electron chi connectivity index (χ1n) is 8.96. The van der Waals surface area contributed by atoms with E-state index >= 15 is 0 Å². The van der Waals surface area contributed by atoms with Crippen LogP contribution < -0.4 is 0 Å². The van der Waals surface area contributed by atoms with E-state index in [0.29, 0.717) is 18.3 Å². The SMILES string of the molecule is O=C1N=C(CCSc2nnc(-c3cccs3)n2C2CC2)N=C2C=CC=CC12. The van der Waals surface area contributed by atoms with E-state index in [4.69, 9.17) is 0 Å². The summed E-state index contributed by atoms with van der Waals surface area (Å²) in [6.07, 6.45) is 10.5. The van der Waals surface area contributed by atoms with Gasteiger partial charge in [0.15, 0.2) is 11.0 Å². The molecule has 8 heteroatoms. The summed E-state index contributed by atoms with van der Waals surface area (Å²) < 4.78 is 2.26. The summed E-state index contributed by atoms with van der Waals surface area (Å²) in [5, 5.41) is 11.8. The average molecular weight is 396 g/mol. The summed E-state index contributed by atoms with van der Waals surface area (Å²) in [6.45, 7) is 0. The smallest absolute Gasteiger partial charge is 0.260 e. The third-order valence-electron chi connectivity index (χ3n) is 4.64. The normalized spacial score (nSPS) is 21.2. The van der Waals surface area contributed by atoms with Gasteiger partial charge in [0, 0.05) is 18.2 Å². The molecule has 0 radical (unpaired) electrons. The van der Waals surface area contributed by atoms with Crippen LogP contribution in [0.2, 0.25) is 0 Å². The largest absolute Gasteiger partial charge is 0.298 e. The fraction of sp³-hybridized carbons (Fsp3) is 0.316. The van der Waals surface area contributed by atoms with Gasteiger partial charge >= 0.3 is 0 Å². The quantitative estimate of drug-likeness (QED) is 0.695. The van der Waals surface area contributed by atoms with Gasteiger partial charge in [0.05, 0.1) is 10.6 Å². The van der Waals surface area contributed by atoms with Crippen LogP contribution in [0.15, 0.2) is 57.0 Å². The molecule has 2 aromatic heterocycles. The van der Waals surface area contributed by atoms with Crippen LogP contribution in [0.4, 0.5) is 0 Å². The number of nitrogens with zero attached hydrogens (tertiary/aromatic N) is 5. The van der Waals surface area contributed by atoms with Crippen molar-refractivity contribution >= 4 is 40.6 Å². The van der Waals surface area contributed by atoms with Crippen molar-refractivity contribution in [1.29, 1.82) is 0 Å². The molecule has 0 N–H and O–H groups in total. The first-order chi connectivity index (χ1) is 13.3. The van der Waals surface area contributed by atoms with Gasteiger partial charge in [-0.25, -0.2) is 4.99 Å². The highest BCUT2D eigenvalue weighted by Crippen LogP contribution is 2.41. The van der Waals surface area contributed by atoms with Crippen molar-refractivity contribution in [2.75, 3.05) is 5.75 Å². The van der Waals surface area contributed by atoms with Gasteiger partial charge in [-0.15, -0.1) is 21.5 Å². The van der Waals surface area contributed by atoms with Crippen molar-refractivity contribution in [3.63, 3.8) is 0 Å². The summed E-state index contributed by atoms with van der Waals surface area (Å²) in [4.78, 5) is 22.0. The Morgan fingerprint density at radius 2 is 2.15 bits per heavy atom. The number of hydrogen-bond acceptors (Lipinski definition) is 6. The Bertz CT molecular complexity index is 995. The maximum atomic E-state index is 12.2. The zero-order valence-electron chi connectivity index (χ0n) is 14.5. The first kappa shape index (κ1) is 16.8. The lowest BCUT2D eigenvalue weighted by atomic mass is 9.96. The van der Waals surface area contributed by atoms with E-state index in [1.165, 1.54) is 12.8 Å². The zero-order valence-corrected chi connectivity index (χ0v) is 16.1. The molecular weight excluding hydrogens is 378 g/mol. The summed E-state index contributed by atoms with van der Waals surface area (Å²) in [5.74, 6) is 1.90. The minimum Gasteiger partial charge on any atom is -0.298 e. The highest BCUT2D eigenvalue weighted by Gasteiger charge is 2.30. The van der Waals surface area contributed by atoms with Gasteiger partial charge in [0.2, 0.25) is 0 Å².